The molecule has 12 nitrogen and oxygen atoms in total. The second kappa shape index (κ2) is 16.7. The van der Waals surface area contributed by atoms with E-state index >= 15 is 0 Å². The molecule has 0 aromatic carbocycles. The zero-order valence-electron chi connectivity index (χ0n) is 29.5. The van der Waals surface area contributed by atoms with E-state index in [1.807, 2.05) is 0 Å². The molecule has 12 unspecified atom stereocenters. The van der Waals surface area contributed by atoms with Gasteiger partial charge < -0.3 is 56.8 Å². The van der Waals surface area contributed by atoms with Crippen LogP contribution < -0.4 is 0 Å². The Morgan fingerprint density at radius 2 is 0.959 bits per heavy atom. The lowest BCUT2D eigenvalue weighted by Gasteiger charge is -2.32. The van der Waals surface area contributed by atoms with Crippen molar-refractivity contribution in [3.05, 3.63) is 0 Å². The first-order valence-corrected chi connectivity index (χ1v) is 19.5. The highest BCUT2D eigenvalue weighted by molar-refractivity contribution is 5.03. The van der Waals surface area contributed by atoms with Gasteiger partial charge >= 0.3 is 0 Å². The second-order valence-electron chi connectivity index (χ2n) is 16.0. The summed E-state index contributed by atoms with van der Waals surface area (Å²) in [5, 5.41) is 0. The molecule has 49 heavy (non-hydrogen) atoms. The Morgan fingerprint density at radius 3 is 1.27 bits per heavy atom. The maximum absolute atomic E-state index is 6.03. The van der Waals surface area contributed by atoms with Crippen LogP contribution >= 0.6 is 0 Å². The highest BCUT2D eigenvalue weighted by atomic mass is 16.7. The molecule has 8 saturated heterocycles. The second-order valence-corrected chi connectivity index (χ2v) is 16.0. The van der Waals surface area contributed by atoms with Crippen molar-refractivity contribution < 1.29 is 56.8 Å². The summed E-state index contributed by atoms with van der Waals surface area (Å²) in [6.45, 7) is 11.5. The van der Waals surface area contributed by atoms with Crippen molar-refractivity contribution in [2.24, 2.45) is 11.3 Å². The summed E-state index contributed by atoms with van der Waals surface area (Å²) >= 11 is 0. The lowest BCUT2D eigenvalue weighted by molar-refractivity contribution is -0.0762. The minimum Gasteiger partial charge on any atom is -0.378 e. The molecular formula is C37H60O12. The molecule has 0 spiro atoms. The fraction of sp³-hybridized carbons (Fsp3) is 1.00. The summed E-state index contributed by atoms with van der Waals surface area (Å²) in [7, 11) is 0. The number of ether oxygens (including phenoxy) is 12. The maximum atomic E-state index is 6.03. The Kier molecular flexibility index (Phi) is 12.1. The Labute approximate surface area is 291 Å². The van der Waals surface area contributed by atoms with E-state index in [1.54, 1.807) is 0 Å². The zero-order valence-corrected chi connectivity index (χ0v) is 29.5. The normalized spacial score (nSPS) is 42.3. The van der Waals surface area contributed by atoms with Crippen molar-refractivity contribution >= 4 is 0 Å². The van der Waals surface area contributed by atoms with Crippen LogP contribution in [0.5, 0.6) is 0 Å². The summed E-state index contributed by atoms with van der Waals surface area (Å²) in [5.74, 6) is 0.839. The van der Waals surface area contributed by atoms with Gasteiger partial charge in [-0.05, 0) is 70.1 Å². The molecule has 280 valence electrons. The van der Waals surface area contributed by atoms with E-state index in [1.165, 1.54) is 57.8 Å². The van der Waals surface area contributed by atoms with Crippen LogP contribution in [-0.4, -0.2) is 153 Å². The van der Waals surface area contributed by atoms with Crippen LogP contribution in [0.4, 0.5) is 0 Å². The molecule has 12 heteroatoms. The molecule has 0 radical (unpaired) electrons. The molecule has 0 aromatic rings. The van der Waals surface area contributed by atoms with Gasteiger partial charge in [-0.2, -0.15) is 0 Å². The first kappa shape index (κ1) is 35.5. The smallest absolute Gasteiger partial charge is 0.110 e. The summed E-state index contributed by atoms with van der Waals surface area (Å²) in [6.07, 6.45) is 17.5. The lowest BCUT2D eigenvalue weighted by atomic mass is 9.88. The molecular weight excluding hydrogens is 636 g/mol. The fourth-order valence-electron chi connectivity index (χ4n) is 7.35. The minimum absolute atomic E-state index is 0.0985. The first-order valence-electron chi connectivity index (χ1n) is 19.5. The van der Waals surface area contributed by atoms with E-state index in [-0.39, 0.29) is 5.41 Å². The van der Waals surface area contributed by atoms with E-state index in [2.05, 4.69) is 6.92 Å². The highest BCUT2D eigenvalue weighted by Gasteiger charge is 2.56. The quantitative estimate of drug-likeness (QED) is 0.145. The molecule has 10 rings (SSSR count). The number of fused-ring (bicyclic) bond motifs is 2. The number of epoxide rings is 8. The SMILES string of the molecule is C(CC1CO1)C(CCC1CO1)CC1CO1.C1CC2OC2C1OC1CCC2OC12.CCC(COCC1CO1)(COCC1CO1)COCC1CO1. The van der Waals surface area contributed by atoms with E-state index < -0.39 is 0 Å². The van der Waals surface area contributed by atoms with Crippen LogP contribution in [0.3, 0.4) is 0 Å². The van der Waals surface area contributed by atoms with E-state index in [0.29, 0.717) is 113 Å². The van der Waals surface area contributed by atoms with Crippen molar-refractivity contribution in [2.45, 2.75) is 144 Å². The van der Waals surface area contributed by atoms with Crippen LogP contribution in [0, 0.1) is 11.3 Å². The fourth-order valence-corrected chi connectivity index (χ4v) is 7.35. The third-order valence-corrected chi connectivity index (χ3v) is 11.5. The van der Waals surface area contributed by atoms with Gasteiger partial charge in [-0.15, -0.1) is 0 Å². The van der Waals surface area contributed by atoms with Gasteiger partial charge in [-0.3, -0.25) is 0 Å². The van der Waals surface area contributed by atoms with Crippen LogP contribution in [0.15, 0.2) is 0 Å². The van der Waals surface area contributed by atoms with E-state index in [0.717, 1.165) is 52.0 Å². The largest absolute Gasteiger partial charge is 0.378 e. The molecule has 10 fully saturated rings. The summed E-state index contributed by atoms with van der Waals surface area (Å²) in [4.78, 5) is 0. The third-order valence-electron chi connectivity index (χ3n) is 11.5. The van der Waals surface area contributed by atoms with Gasteiger partial charge in [0.25, 0.3) is 0 Å². The Balaban J connectivity index is 0.000000110. The monoisotopic (exact) mass is 696 g/mol. The highest BCUT2D eigenvalue weighted by Crippen LogP contribution is 2.45. The molecule has 2 aliphatic carbocycles. The Bertz CT molecular complexity index is 924. The average Bonchev–Trinajstić information content (AvgIpc) is 3.92. The predicted molar refractivity (Wildman–Crippen MR) is 175 cm³/mol. The van der Waals surface area contributed by atoms with Gasteiger partial charge in [0.05, 0.1) is 122 Å². The average molecular weight is 697 g/mol. The van der Waals surface area contributed by atoms with Crippen LogP contribution in [-0.2, 0) is 56.8 Å². The molecule has 0 bridgehead atoms. The van der Waals surface area contributed by atoms with Crippen molar-refractivity contribution in [3.63, 3.8) is 0 Å². The molecule has 10 aliphatic rings. The van der Waals surface area contributed by atoms with Crippen molar-refractivity contribution in [2.75, 3.05) is 79.3 Å². The third kappa shape index (κ3) is 12.3. The molecule has 0 aromatic heterocycles. The van der Waals surface area contributed by atoms with Crippen molar-refractivity contribution in [3.8, 4) is 0 Å². The van der Waals surface area contributed by atoms with Crippen molar-refractivity contribution in [1.29, 1.82) is 0 Å². The number of rotatable bonds is 23. The lowest BCUT2D eigenvalue weighted by Crippen LogP contribution is -2.38. The standard InChI is InChI=1S/C15H26O6.C12H20O3.C10H14O3/c1-2-15(9-16-3-12-6-19-12,10-17-4-13-7-20-13)11-18-5-14-8-21-14;1(3-10-6-13-10)9(5-12-8-15-12)2-4-11-7-14-11;1-3-7-9(12-7)5(1)11-6-2-4-8-10(6)13-8/h12-14H,2-11H2,1H3;9-12H,1-8H2;5-10H,1-4H2. The van der Waals surface area contributed by atoms with Gasteiger partial charge in [0, 0.05) is 5.41 Å². The van der Waals surface area contributed by atoms with Crippen LogP contribution in [0.25, 0.3) is 0 Å². The summed E-state index contributed by atoms with van der Waals surface area (Å²) in [5.41, 5.74) is -0.0985. The summed E-state index contributed by atoms with van der Waals surface area (Å²) in [6, 6.07) is 0. The first-order chi connectivity index (χ1) is 24.1. The zero-order chi connectivity index (χ0) is 33.0. The van der Waals surface area contributed by atoms with Gasteiger partial charge in [0.15, 0.2) is 0 Å². The molecule has 0 amide bonds. The van der Waals surface area contributed by atoms with Gasteiger partial charge in [0.1, 0.15) is 30.5 Å². The number of hydrogen-bond donors (Lipinski definition) is 0. The molecule has 8 heterocycles. The van der Waals surface area contributed by atoms with Crippen molar-refractivity contribution in [1.82, 2.24) is 0 Å². The van der Waals surface area contributed by atoms with Crippen LogP contribution in [0.1, 0.15) is 71.1 Å². The molecule has 0 N–H and O–H groups in total. The minimum atomic E-state index is -0.0985. The Hall–Kier alpha value is -0.480. The topological polar surface area (TPSA) is 137 Å². The maximum Gasteiger partial charge on any atom is 0.110 e. The molecule has 2 saturated carbocycles. The van der Waals surface area contributed by atoms with E-state index in [9.17, 15) is 0 Å². The summed E-state index contributed by atoms with van der Waals surface area (Å²) < 4.78 is 65.8. The van der Waals surface area contributed by atoms with Gasteiger partial charge in [0.2, 0.25) is 0 Å². The van der Waals surface area contributed by atoms with Gasteiger partial charge in [-0.25, -0.2) is 0 Å². The van der Waals surface area contributed by atoms with Crippen LogP contribution in [0.2, 0.25) is 0 Å². The van der Waals surface area contributed by atoms with Gasteiger partial charge in [-0.1, -0.05) is 6.92 Å². The number of hydrogen-bond acceptors (Lipinski definition) is 12. The molecule has 8 aliphatic heterocycles. The molecule has 12 atom stereocenters. The van der Waals surface area contributed by atoms with E-state index in [4.69, 9.17) is 56.8 Å². The predicted octanol–water partition coefficient (Wildman–Crippen LogP) is 3.24. The Morgan fingerprint density at radius 1 is 0.551 bits per heavy atom.